The van der Waals surface area contributed by atoms with Gasteiger partial charge >= 0.3 is 0 Å². The predicted molar refractivity (Wildman–Crippen MR) is 54.0 cm³/mol. The van der Waals surface area contributed by atoms with E-state index in [1.807, 2.05) is 6.92 Å². The van der Waals surface area contributed by atoms with Crippen molar-refractivity contribution >= 4 is 28.8 Å². The standard InChI is InChI=1S/C8H11ClN2OS/c1-6-4-11-8(13-6)5-10-7(12)2-3-9/h4H,2-3,5H2,1H3,(H,10,12). The van der Waals surface area contributed by atoms with E-state index in [0.29, 0.717) is 18.8 Å². The van der Waals surface area contributed by atoms with E-state index in [1.54, 1.807) is 17.5 Å². The molecule has 1 aromatic rings. The molecular formula is C8H11ClN2OS. The maximum Gasteiger partial charge on any atom is 0.221 e. The SMILES string of the molecule is Cc1cnc(CNC(=O)CCCl)s1. The van der Waals surface area contributed by atoms with E-state index < -0.39 is 0 Å². The van der Waals surface area contributed by atoms with Crippen LogP contribution in [0.25, 0.3) is 0 Å². The molecule has 0 aliphatic rings. The number of aromatic nitrogens is 1. The largest absolute Gasteiger partial charge is 0.350 e. The van der Waals surface area contributed by atoms with Crippen molar-refractivity contribution in [2.45, 2.75) is 19.9 Å². The Morgan fingerprint density at radius 3 is 3.08 bits per heavy atom. The summed E-state index contributed by atoms with van der Waals surface area (Å²) in [5.74, 6) is 0.339. The van der Waals surface area contributed by atoms with Gasteiger partial charge in [0.2, 0.25) is 5.91 Å². The summed E-state index contributed by atoms with van der Waals surface area (Å²) in [6, 6.07) is 0. The lowest BCUT2D eigenvalue weighted by molar-refractivity contribution is -0.120. The number of carbonyl (C=O) groups is 1. The van der Waals surface area contributed by atoms with E-state index in [2.05, 4.69) is 10.3 Å². The molecule has 1 N–H and O–H groups in total. The van der Waals surface area contributed by atoms with E-state index in [-0.39, 0.29) is 5.91 Å². The van der Waals surface area contributed by atoms with Crippen LogP contribution in [0.1, 0.15) is 16.3 Å². The fourth-order valence-corrected chi connectivity index (χ4v) is 1.73. The summed E-state index contributed by atoms with van der Waals surface area (Å²) in [5.41, 5.74) is 0. The van der Waals surface area contributed by atoms with Gasteiger partial charge in [-0.25, -0.2) is 4.98 Å². The minimum atomic E-state index is -0.0251. The van der Waals surface area contributed by atoms with Gasteiger partial charge in [0.25, 0.3) is 0 Å². The number of carbonyl (C=O) groups excluding carboxylic acids is 1. The Balaban J connectivity index is 2.30. The minimum absolute atomic E-state index is 0.0251. The van der Waals surface area contributed by atoms with Gasteiger partial charge in [-0.15, -0.1) is 22.9 Å². The second kappa shape index (κ2) is 5.19. The Morgan fingerprint density at radius 2 is 2.54 bits per heavy atom. The van der Waals surface area contributed by atoms with Crippen LogP contribution in [0, 0.1) is 6.92 Å². The fraction of sp³-hybridized carbons (Fsp3) is 0.500. The Labute approximate surface area is 86.1 Å². The third kappa shape index (κ3) is 3.74. The number of amides is 1. The predicted octanol–water partition coefficient (Wildman–Crippen LogP) is 1.70. The maximum atomic E-state index is 11.0. The second-order valence-corrected chi connectivity index (χ2v) is 4.28. The van der Waals surface area contributed by atoms with Crippen LogP contribution in [0.2, 0.25) is 0 Å². The van der Waals surface area contributed by atoms with E-state index in [9.17, 15) is 4.79 Å². The summed E-state index contributed by atoms with van der Waals surface area (Å²) in [4.78, 5) is 16.3. The van der Waals surface area contributed by atoms with Crippen molar-refractivity contribution in [2.24, 2.45) is 0 Å². The molecule has 0 fully saturated rings. The zero-order chi connectivity index (χ0) is 9.68. The second-order valence-electron chi connectivity index (χ2n) is 2.58. The van der Waals surface area contributed by atoms with Crippen LogP contribution in [0.3, 0.4) is 0 Å². The van der Waals surface area contributed by atoms with Gasteiger partial charge in [-0.2, -0.15) is 0 Å². The molecule has 0 aromatic carbocycles. The van der Waals surface area contributed by atoms with Gasteiger partial charge in [-0.3, -0.25) is 4.79 Å². The van der Waals surface area contributed by atoms with E-state index in [1.165, 1.54) is 0 Å². The summed E-state index contributed by atoms with van der Waals surface area (Å²) in [6.45, 7) is 2.50. The van der Waals surface area contributed by atoms with Gasteiger partial charge in [0.1, 0.15) is 5.01 Å². The summed E-state index contributed by atoms with van der Waals surface area (Å²) in [6.07, 6.45) is 2.17. The van der Waals surface area contributed by atoms with Crippen molar-refractivity contribution in [2.75, 3.05) is 5.88 Å². The van der Waals surface area contributed by atoms with Crippen molar-refractivity contribution in [3.8, 4) is 0 Å². The Kier molecular flexibility index (Phi) is 4.18. The molecule has 0 saturated heterocycles. The highest BCUT2D eigenvalue weighted by Gasteiger charge is 2.02. The maximum absolute atomic E-state index is 11.0. The number of hydrogen-bond acceptors (Lipinski definition) is 3. The summed E-state index contributed by atoms with van der Waals surface area (Å²) in [7, 11) is 0. The molecule has 13 heavy (non-hydrogen) atoms. The first-order valence-corrected chi connectivity index (χ1v) is 5.31. The number of rotatable bonds is 4. The Bertz CT molecular complexity index is 287. The van der Waals surface area contributed by atoms with Crippen molar-refractivity contribution in [1.82, 2.24) is 10.3 Å². The zero-order valence-electron chi connectivity index (χ0n) is 7.34. The Hall–Kier alpha value is -0.610. The lowest BCUT2D eigenvalue weighted by Crippen LogP contribution is -2.22. The molecule has 1 rings (SSSR count). The van der Waals surface area contributed by atoms with Crippen molar-refractivity contribution in [3.05, 3.63) is 16.1 Å². The number of aryl methyl sites for hydroxylation is 1. The summed E-state index contributed by atoms with van der Waals surface area (Å²) in [5, 5.41) is 3.67. The third-order valence-corrected chi connectivity index (χ3v) is 2.53. The molecule has 1 amide bonds. The molecule has 72 valence electrons. The van der Waals surface area contributed by atoms with Gasteiger partial charge in [-0.05, 0) is 6.92 Å². The number of halogens is 1. The average molecular weight is 219 g/mol. The highest BCUT2D eigenvalue weighted by Crippen LogP contribution is 2.10. The van der Waals surface area contributed by atoms with Gasteiger partial charge in [-0.1, -0.05) is 0 Å². The zero-order valence-corrected chi connectivity index (χ0v) is 8.91. The van der Waals surface area contributed by atoms with Crippen LogP contribution < -0.4 is 5.32 Å². The number of thiazole rings is 1. The molecule has 0 saturated carbocycles. The van der Waals surface area contributed by atoms with Crippen LogP contribution in [-0.2, 0) is 11.3 Å². The van der Waals surface area contributed by atoms with Crippen LogP contribution in [0.5, 0.6) is 0 Å². The highest BCUT2D eigenvalue weighted by atomic mass is 35.5. The molecule has 0 bridgehead atoms. The minimum Gasteiger partial charge on any atom is -0.350 e. The molecule has 3 nitrogen and oxygen atoms in total. The summed E-state index contributed by atoms with van der Waals surface area (Å²) >= 11 is 7.00. The smallest absolute Gasteiger partial charge is 0.221 e. The molecule has 1 heterocycles. The average Bonchev–Trinajstić information content (AvgIpc) is 2.49. The molecule has 5 heteroatoms. The number of nitrogens with one attached hydrogen (secondary N) is 1. The van der Waals surface area contributed by atoms with Gasteiger partial charge < -0.3 is 5.32 Å². The van der Waals surface area contributed by atoms with Crippen molar-refractivity contribution in [1.29, 1.82) is 0 Å². The first-order valence-electron chi connectivity index (χ1n) is 3.96. The molecular weight excluding hydrogens is 208 g/mol. The number of nitrogens with zero attached hydrogens (tertiary/aromatic N) is 1. The molecule has 0 aliphatic carbocycles. The normalized spacial score (nSPS) is 10.0. The van der Waals surface area contributed by atoms with Crippen molar-refractivity contribution in [3.63, 3.8) is 0 Å². The quantitative estimate of drug-likeness (QED) is 0.782. The van der Waals surface area contributed by atoms with E-state index in [4.69, 9.17) is 11.6 Å². The molecule has 0 spiro atoms. The van der Waals surface area contributed by atoms with Crippen LogP contribution >= 0.6 is 22.9 Å². The highest BCUT2D eigenvalue weighted by molar-refractivity contribution is 7.11. The van der Waals surface area contributed by atoms with Gasteiger partial charge in [0.05, 0.1) is 6.54 Å². The Morgan fingerprint density at radius 1 is 1.77 bits per heavy atom. The monoisotopic (exact) mass is 218 g/mol. The first-order chi connectivity index (χ1) is 6.22. The molecule has 0 atom stereocenters. The number of hydrogen-bond donors (Lipinski definition) is 1. The molecule has 1 aromatic heterocycles. The van der Waals surface area contributed by atoms with E-state index >= 15 is 0 Å². The fourth-order valence-electron chi connectivity index (χ4n) is 0.832. The lowest BCUT2D eigenvalue weighted by atomic mass is 10.4. The van der Waals surface area contributed by atoms with Crippen LogP contribution in [-0.4, -0.2) is 16.8 Å². The van der Waals surface area contributed by atoms with Crippen LogP contribution in [0.15, 0.2) is 6.20 Å². The van der Waals surface area contributed by atoms with Gasteiger partial charge in [0.15, 0.2) is 0 Å². The third-order valence-electron chi connectivity index (χ3n) is 1.43. The lowest BCUT2D eigenvalue weighted by Gasteiger charge is -1.99. The van der Waals surface area contributed by atoms with Crippen LogP contribution in [0.4, 0.5) is 0 Å². The van der Waals surface area contributed by atoms with Gasteiger partial charge in [0, 0.05) is 23.4 Å². The van der Waals surface area contributed by atoms with E-state index in [0.717, 1.165) is 9.88 Å². The van der Waals surface area contributed by atoms with Crippen molar-refractivity contribution < 1.29 is 4.79 Å². The summed E-state index contributed by atoms with van der Waals surface area (Å²) < 4.78 is 0. The first kappa shape index (κ1) is 10.5. The topological polar surface area (TPSA) is 42.0 Å². The molecule has 0 unspecified atom stereocenters. The molecule has 0 aliphatic heterocycles. The molecule has 0 radical (unpaired) electrons. The number of alkyl halides is 1.